The summed E-state index contributed by atoms with van der Waals surface area (Å²) in [6.45, 7) is 0. The minimum atomic E-state index is -4.43. The van der Waals surface area contributed by atoms with Crippen LogP contribution in [0.25, 0.3) is 0 Å². The predicted octanol–water partition coefficient (Wildman–Crippen LogP) is 3.00. The second-order valence-corrected chi connectivity index (χ2v) is 4.15. The molecule has 0 saturated heterocycles. The number of aliphatic hydroxyl groups is 1. The molecule has 2 unspecified atom stereocenters. The van der Waals surface area contributed by atoms with Gasteiger partial charge in [-0.25, -0.2) is 0 Å². The van der Waals surface area contributed by atoms with E-state index in [0.717, 1.165) is 12.5 Å². The highest BCUT2D eigenvalue weighted by Gasteiger charge is 2.36. The Hall–Kier alpha value is -1.23. The van der Waals surface area contributed by atoms with Crippen molar-refractivity contribution in [2.45, 2.75) is 37.6 Å². The van der Waals surface area contributed by atoms with Crippen LogP contribution in [0.2, 0.25) is 0 Å². The normalized spacial score (nSPS) is 24.9. The monoisotopic (exact) mass is 246 g/mol. The Kier molecular flexibility index (Phi) is 3.28. The SMILES string of the molecule is OC1CCCC1Oc1ccccc1C(F)(F)F. The molecule has 1 aromatic rings. The molecule has 0 bridgehead atoms. The number of halogens is 3. The Morgan fingerprint density at radius 2 is 1.88 bits per heavy atom. The first-order chi connectivity index (χ1) is 7.98. The quantitative estimate of drug-likeness (QED) is 0.869. The Balaban J connectivity index is 2.21. The van der Waals surface area contributed by atoms with Crippen molar-refractivity contribution >= 4 is 0 Å². The van der Waals surface area contributed by atoms with Crippen LogP contribution in [0.5, 0.6) is 5.75 Å². The summed E-state index contributed by atoms with van der Waals surface area (Å²) < 4.78 is 43.3. The summed E-state index contributed by atoms with van der Waals surface area (Å²) in [7, 11) is 0. The lowest BCUT2D eigenvalue weighted by Crippen LogP contribution is -2.26. The van der Waals surface area contributed by atoms with Crippen LogP contribution in [0.1, 0.15) is 24.8 Å². The van der Waals surface area contributed by atoms with E-state index in [1.54, 1.807) is 0 Å². The molecule has 1 N–H and O–H groups in total. The van der Waals surface area contributed by atoms with E-state index >= 15 is 0 Å². The third-order valence-electron chi connectivity index (χ3n) is 2.89. The summed E-state index contributed by atoms with van der Waals surface area (Å²) in [6.07, 6.45) is -3.68. The summed E-state index contributed by atoms with van der Waals surface area (Å²) in [5.41, 5.74) is -0.792. The number of alkyl halides is 3. The van der Waals surface area contributed by atoms with Gasteiger partial charge in [0, 0.05) is 0 Å². The molecule has 0 aliphatic heterocycles. The standard InChI is InChI=1S/C12H13F3O2/c13-12(14,15)8-4-1-2-6-10(8)17-11-7-3-5-9(11)16/h1-2,4,6,9,11,16H,3,5,7H2. The van der Waals surface area contributed by atoms with E-state index in [-0.39, 0.29) is 5.75 Å². The van der Waals surface area contributed by atoms with Crippen LogP contribution in [0.4, 0.5) is 13.2 Å². The minimum Gasteiger partial charge on any atom is -0.487 e. The van der Waals surface area contributed by atoms with Crippen molar-refractivity contribution in [1.29, 1.82) is 0 Å². The van der Waals surface area contributed by atoms with Gasteiger partial charge < -0.3 is 9.84 Å². The molecular formula is C12H13F3O2. The maximum atomic E-state index is 12.7. The van der Waals surface area contributed by atoms with Crippen LogP contribution in [0, 0.1) is 0 Å². The fraction of sp³-hybridized carbons (Fsp3) is 0.500. The van der Waals surface area contributed by atoms with Gasteiger partial charge in [-0.3, -0.25) is 0 Å². The van der Waals surface area contributed by atoms with Gasteiger partial charge in [-0.1, -0.05) is 12.1 Å². The minimum absolute atomic E-state index is 0.203. The van der Waals surface area contributed by atoms with Crippen molar-refractivity contribution in [3.63, 3.8) is 0 Å². The van der Waals surface area contributed by atoms with Crippen molar-refractivity contribution in [3.05, 3.63) is 29.8 Å². The zero-order chi connectivity index (χ0) is 12.5. The average molecular weight is 246 g/mol. The molecule has 5 heteroatoms. The van der Waals surface area contributed by atoms with Crippen molar-refractivity contribution in [1.82, 2.24) is 0 Å². The van der Waals surface area contributed by atoms with Gasteiger partial charge in [0.05, 0.1) is 11.7 Å². The summed E-state index contributed by atoms with van der Waals surface area (Å²) in [5, 5.41) is 9.54. The molecule has 1 saturated carbocycles. The lowest BCUT2D eigenvalue weighted by Gasteiger charge is -2.20. The van der Waals surface area contributed by atoms with E-state index in [9.17, 15) is 18.3 Å². The molecule has 17 heavy (non-hydrogen) atoms. The van der Waals surface area contributed by atoms with Gasteiger partial charge in [-0.05, 0) is 31.4 Å². The smallest absolute Gasteiger partial charge is 0.419 e. The topological polar surface area (TPSA) is 29.5 Å². The van der Waals surface area contributed by atoms with Gasteiger partial charge in [-0.2, -0.15) is 13.2 Å². The van der Waals surface area contributed by atoms with Crippen molar-refractivity contribution in [2.24, 2.45) is 0 Å². The number of aliphatic hydroxyl groups excluding tert-OH is 1. The molecule has 0 amide bonds. The first-order valence-corrected chi connectivity index (χ1v) is 5.49. The van der Waals surface area contributed by atoms with E-state index in [4.69, 9.17) is 4.74 Å². The molecular weight excluding hydrogens is 233 g/mol. The highest BCUT2D eigenvalue weighted by molar-refractivity contribution is 5.35. The number of benzene rings is 1. The first kappa shape index (κ1) is 12.2. The molecule has 0 radical (unpaired) electrons. The number of para-hydroxylation sites is 1. The molecule has 2 atom stereocenters. The van der Waals surface area contributed by atoms with Gasteiger partial charge in [0.25, 0.3) is 0 Å². The van der Waals surface area contributed by atoms with Gasteiger partial charge in [0.15, 0.2) is 0 Å². The third kappa shape index (κ3) is 2.72. The van der Waals surface area contributed by atoms with Crippen molar-refractivity contribution in [3.8, 4) is 5.75 Å². The zero-order valence-electron chi connectivity index (χ0n) is 9.07. The highest BCUT2D eigenvalue weighted by atomic mass is 19.4. The van der Waals surface area contributed by atoms with E-state index in [0.29, 0.717) is 12.8 Å². The second-order valence-electron chi connectivity index (χ2n) is 4.15. The molecule has 0 spiro atoms. The second kappa shape index (κ2) is 4.56. The summed E-state index contributed by atoms with van der Waals surface area (Å²) >= 11 is 0. The Morgan fingerprint density at radius 1 is 1.18 bits per heavy atom. The van der Waals surface area contributed by atoms with Gasteiger partial charge in [0.2, 0.25) is 0 Å². The maximum Gasteiger partial charge on any atom is 0.419 e. The number of hydrogen-bond donors (Lipinski definition) is 1. The fourth-order valence-corrected chi connectivity index (χ4v) is 2.01. The highest BCUT2D eigenvalue weighted by Crippen LogP contribution is 2.37. The van der Waals surface area contributed by atoms with E-state index in [2.05, 4.69) is 0 Å². The average Bonchev–Trinajstić information content (AvgIpc) is 2.64. The van der Waals surface area contributed by atoms with Crippen molar-refractivity contribution < 1.29 is 23.0 Å². The molecule has 1 aromatic carbocycles. The number of rotatable bonds is 2. The van der Waals surface area contributed by atoms with Crippen LogP contribution < -0.4 is 4.74 Å². The van der Waals surface area contributed by atoms with Gasteiger partial charge in [-0.15, -0.1) is 0 Å². The van der Waals surface area contributed by atoms with Crippen LogP contribution in [0.15, 0.2) is 24.3 Å². The van der Waals surface area contributed by atoms with Crippen LogP contribution >= 0.6 is 0 Å². The fourth-order valence-electron chi connectivity index (χ4n) is 2.01. The molecule has 94 valence electrons. The molecule has 1 fully saturated rings. The third-order valence-corrected chi connectivity index (χ3v) is 2.89. The lowest BCUT2D eigenvalue weighted by molar-refractivity contribution is -0.139. The predicted molar refractivity (Wildman–Crippen MR) is 55.7 cm³/mol. The molecule has 2 rings (SSSR count). The summed E-state index contributed by atoms with van der Waals surface area (Å²) in [4.78, 5) is 0. The molecule has 1 aliphatic carbocycles. The van der Waals surface area contributed by atoms with Crippen LogP contribution in [-0.4, -0.2) is 17.3 Å². The molecule has 2 nitrogen and oxygen atoms in total. The number of ether oxygens (including phenoxy) is 1. The summed E-state index contributed by atoms with van der Waals surface area (Å²) in [6, 6.07) is 5.08. The van der Waals surface area contributed by atoms with Crippen molar-refractivity contribution in [2.75, 3.05) is 0 Å². The van der Waals surface area contributed by atoms with E-state index in [1.165, 1.54) is 18.2 Å². The summed E-state index contributed by atoms with van der Waals surface area (Å²) in [5.74, 6) is -0.203. The van der Waals surface area contributed by atoms with E-state index < -0.39 is 23.9 Å². The van der Waals surface area contributed by atoms with E-state index in [1.807, 2.05) is 0 Å². The van der Waals surface area contributed by atoms with Gasteiger partial charge in [0.1, 0.15) is 11.9 Å². The maximum absolute atomic E-state index is 12.7. The molecule has 0 heterocycles. The van der Waals surface area contributed by atoms with Gasteiger partial charge >= 0.3 is 6.18 Å². The zero-order valence-corrected chi connectivity index (χ0v) is 9.07. The number of hydrogen-bond acceptors (Lipinski definition) is 2. The molecule has 1 aliphatic rings. The Morgan fingerprint density at radius 3 is 2.47 bits per heavy atom. The Bertz CT molecular complexity index is 390. The van der Waals surface area contributed by atoms with Crippen LogP contribution in [-0.2, 0) is 6.18 Å². The first-order valence-electron chi connectivity index (χ1n) is 5.49. The van der Waals surface area contributed by atoms with Crippen LogP contribution in [0.3, 0.4) is 0 Å². The lowest BCUT2D eigenvalue weighted by atomic mass is 10.2. The molecule has 0 aromatic heterocycles. The largest absolute Gasteiger partial charge is 0.487 e. The Labute approximate surface area is 97.0 Å².